The molecule has 0 atom stereocenters. The Morgan fingerprint density at radius 1 is 1.04 bits per heavy atom. The summed E-state index contributed by atoms with van der Waals surface area (Å²) in [5, 5.41) is 5.58. The van der Waals surface area contributed by atoms with Crippen molar-refractivity contribution < 1.29 is 18.0 Å². The highest BCUT2D eigenvalue weighted by Gasteiger charge is 2.19. The number of nitrogens with one attached hydrogen (secondary N) is 2. The van der Waals surface area contributed by atoms with E-state index in [2.05, 4.69) is 15.6 Å². The van der Waals surface area contributed by atoms with Gasteiger partial charge in [0, 0.05) is 5.69 Å². The number of hydrogen-bond donors (Lipinski definition) is 2. The number of amides is 1. The Hall–Kier alpha value is -2.87. The SMILES string of the molecule is Cc1nc(Nc2ccc(F)cc2)sc1C(=O)Nc1c(F)cccc1F. The molecule has 8 heteroatoms. The molecule has 0 unspecified atom stereocenters. The van der Waals surface area contributed by atoms with Crippen LogP contribution in [0.3, 0.4) is 0 Å². The van der Waals surface area contributed by atoms with Gasteiger partial charge in [0.1, 0.15) is 28.0 Å². The highest BCUT2D eigenvalue weighted by Crippen LogP contribution is 2.27. The summed E-state index contributed by atoms with van der Waals surface area (Å²) < 4.78 is 40.2. The molecule has 25 heavy (non-hydrogen) atoms. The van der Waals surface area contributed by atoms with Crippen LogP contribution in [-0.4, -0.2) is 10.9 Å². The number of hydrogen-bond acceptors (Lipinski definition) is 4. The molecule has 0 bridgehead atoms. The van der Waals surface area contributed by atoms with Gasteiger partial charge in [-0.15, -0.1) is 0 Å². The van der Waals surface area contributed by atoms with Gasteiger partial charge >= 0.3 is 0 Å². The van der Waals surface area contributed by atoms with Crippen molar-refractivity contribution in [3.8, 4) is 0 Å². The van der Waals surface area contributed by atoms with Gasteiger partial charge in [0.15, 0.2) is 5.13 Å². The average Bonchev–Trinajstić information content (AvgIpc) is 2.94. The number of anilines is 3. The maximum absolute atomic E-state index is 13.6. The van der Waals surface area contributed by atoms with Crippen molar-refractivity contribution in [3.05, 3.63) is 70.5 Å². The van der Waals surface area contributed by atoms with E-state index >= 15 is 0 Å². The Balaban J connectivity index is 1.80. The number of para-hydroxylation sites is 1. The zero-order chi connectivity index (χ0) is 18.0. The number of aromatic nitrogens is 1. The quantitative estimate of drug-likeness (QED) is 0.696. The molecule has 3 aromatic rings. The summed E-state index contributed by atoms with van der Waals surface area (Å²) in [6, 6.07) is 8.96. The molecule has 2 aromatic carbocycles. The van der Waals surface area contributed by atoms with Crippen molar-refractivity contribution >= 4 is 33.8 Å². The molecule has 0 saturated carbocycles. The molecule has 0 aliphatic heterocycles. The Kier molecular flexibility index (Phi) is 4.71. The van der Waals surface area contributed by atoms with Crippen molar-refractivity contribution in [2.75, 3.05) is 10.6 Å². The lowest BCUT2D eigenvalue weighted by atomic mass is 10.2. The van der Waals surface area contributed by atoms with Gasteiger partial charge < -0.3 is 10.6 Å². The summed E-state index contributed by atoms with van der Waals surface area (Å²) >= 11 is 1.02. The third kappa shape index (κ3) is 3.80. The van der Waals surface area contributed by atoms with Crippen LogP contribution in [0.1, 0.15) is 15.4 Å². The van der Waals surface area contributed by atoms with Crippen LogP contribution in [0.2, 0.25) is 0 Å². The van der Waals surface area contributed by atoms with Crippen LogP contribution in [0.25, 0.3) is 0 Å². The van der Waals surface area contributed by atoms with Gasteiger partial charge in [-0.05, 0) is 43.3 Å². The molecule has 1 heterocycles. The van der Waals surface area contributed by atoms with E-state index < -0.39 is 23.2 Å². The minimum atomic E-state index is -0.861. The van der Waals surface area contributed by atoms with Gasteiger partial charge in [-0.3, -0.25) is 4.79 Å². The fourth-order valence-electron chi connectivity index (χ4n) is 2.10. The molecule has 3 rings (SSSR count). The van der Waals surface area contributed by atoms with E-state index in [9.17, 15) is 18.0 Å². The summed E-state index contributed by atoms with van der Waals surface area (Å²) in [6.07, 6.45) is 0. The van der Waals surface area contributed by atoms with Gasteiger partial charge in [-0.2, -0.15) is 0 Å². The number of nitrogens with zero attached hydrogens (tertiary/aromatic N) is 1. The number of rotatable bonds is 4. The highest BCUT2D eigenvalue weighted by atomic mass is 32.1. The van der Waals surface area contributed by atoms with E-state index in [0.29, 0.717) is 16.5 Å². The number of aryl methyl sites for hydroxylation is 1. The van der Waals surface area contributed by atoms with Gasteiger partial charge in [-0.1, -0.05) is 17.4 Å². The summed E-state index contributed by atoms with van der Waals surface area (Å²) in [6.45, 7) is 1.61. The second-order valence-electron chi connectivity index (χ2n) is 5.12. The number of halogens is 3. The first-order chi connectivity index (χ1) is 11.9. The van der Waals surface area contributed by atoms with Gasteiger partial charge in [0.05, 0.1) is 5.69 Å². The smallest absolute Gasteiger partial charge is 0.267 e. The Labute approximate surface area is 145 Å². The van der Waals surface area contributed by atoms with Crippen molar-refractivity contribution in [2.24, 2.45) is 0 Å². The van der Waals surface area contributed by atoms with Crippen LogP contribution in [0.5, 0.6) is 0 Å². The second kappa shape index (κ2) is 6.94. The summed E-state index contributed by atoms with van der Waals surface area (Å²) in [7, 11) is 0. The predicted octanol–water partition coefficient (Wildman–Crippen LogP) is 4.86. The van der Waals surface area contributed by atoms with E-state index in [0.717, 1.165) is 23.5 Å². The molecule has 1 amide bonds. The van der Waals surface area contributed by atoms with Crippen LogP contribution in [-0.2, 0) is 0 Å². The molecule has 0 fully saturated rings. The Morgan fingerprint density at radius 2 is 1.68 bits per heavy atom. The van der Waals surface area contributed by atoms with E-state index in [-0.39, 0.29) is 10.7 Å². The van der Waals surface area contributed by atoms with Crippen LogP contribution in [0, 0.1) is 24.4 Å². The topological polar surface area (TPSA) is 54.0 Å². The molecular weight excluding hydrogens is 351 g/mol. The maximum Gasteiger partial charge on any atom is 0.267 e. The van der Waals surface area contributed by atoms with Gasteiger partial charge in [0.25, 0.3) is 5.91 Å². The van der Waals surface area contributed by atoms with Crippen LogP contribution in [0.15, 0.2) is 42.5 Å². The molecule has 4 nitrogen and oxygen atoms in total. The second-order valence-corrected chi connectivity index (χ2v) is 6.12. The Morgan fingerprint density at radius 3 is 2.32 bits per heavy atom. The van der Waals surface area contributed by atoms with Crippen molar-refractivity contribution in [3.63, 3.8) is 0 Å². The van der Waals surface area contributed by atoms with Crippen molar-refractivity contribution in [1.82, 2.24) is 4.98 Å². The lowest BCUT2D eigenvalue weighted by Gasteiger charge is -2.06. The van der Waals surface area contributed by atoms with Crippen LogP contribution < -0.4 is 10.6 Å². The fourth-order valence-corrected chi connectivity index (χ4v) is 2.99. The van der Waals surface area contributed by atoms with Crippen molar-refractivity contribution in [1.29, 1.82) is 0 Å². The van der Waals surface area contributed by atoms with E-state index in [1.807, 2.05) is 0 Å². The molecule has 1 aromatic heterocycles. The number of benzene rings is 2. The van der Waals surface area contributed by atoms with Gasteiger partial charge in [0.2, 0.25) is 0 Å². The molecule has 0 aliphatic carbocycles. The maximum atomic E-state index is 13.6. The average molecular weight is 363 g/mol. The zero-order valence-corrected chi connectivity index (χ0v) is 13.8. The van der Waals surface area contributed by atoms with Gasteiger partial charge in [-0.25, -0.2) is 18.2 Å². The predicted molar refractivity (Wildman–Crippen MR) is 90.8 cm³/mol. The minimum Gasteiger partial charge on any atom is -0.332 e. The molecule has 0 spiro atoms. The van der Waals surface area contributed by atoms with Crippen LogP contribution in [0.4, 0.5) is 29.7 Å². The van der Waals surface area contributed by atoms with Crippen LogP contribution >= 0.6 is 11.3 Å². The molecular formula is C17H12F3N3OS. The largest absolute Gasteiger partial charge is 0.332 e. The lowest BCUT2D eigenvalue weighted by Crippen LogP contribution is -2.14. The van der Waals surface area contributed by atoms with E-state index in [1.165, 1.54) is 30.3 Å². The monoisotopic (exact) mass is 363 g/mol. The summed E-state index contributed by atoms with van der Waals surface area (Å²) in [4.78, 5) is 16.7. The molecule has 2 N–H and O–H groups in total. The number of thiazole rings is 1. The normalized spacial score (nSPS) is 10.6. The number of carbonyl (C=O) groups is 1. The zero-order valence-electron chi connectivity index (χ0n) is 12.9. The third-order valence-electron chi connectivity index (χ3n) is 3.30. The lowest BCUT2D eigenvalue weighted by molar-refractivity contribution is 0.102. The molecule has 0 aliphatic rings. The molecule has 0 saturated heterocycles. The van der Waals surface area contributed by atoms with E-state index in [4.69, 9.17) is 0 Å². The van der Waals surface area contributed by atoms with E-state index in [1.54, 1.807) is 6.92 Å². The first-order valence-corrected chi connectivity index (χ1v) is 8.01. The van der Waals surface area contributed by atoms with Crippen molar-refractivity contribution in [2.45, 2.75) is 6.92 Å². The fraction of sp³-hybridized carbons (Fsp3) is 0.0588. The summed E-state index contributed by atoms with van der Waals surface area (Å²) in [5.74, 6) is -2.75. The highest BCUT2D eigenvalue weighted by molar-refractivity contribution is 7.17. The Bertz CT molecular complexity index is 905. The standard InChI is InChI=1S/C17H12F3N3OS/c1-9-15(16(24)23-14-12(19)3-2-4-13(14)20)25-17(21-9)22-11-7-5-10(18)6-8-11/h2-8H,1H3,(H,21,22)(H,23,24). The molecule has 128 valence electrons. The number of carbonyl (C=O) groups excluding carboxylic acids is 1. The summed E-state index contributed by atoms with van der Waals surface area (Å²) in [5.41, 5.74) is 0.499. The first-order valence-electron chi connectivity index (χ1n) is 7.19. The third-order valence-corrected chi connectivity index (χ3v) is 4.37. The first kappa shape index (κ1) is 17.0. The molecule has 0 radical (unpaired) electrons. The minimum absolute atomic E-state index is 0.215.